The molecular weight excluding hydrogens is 222 g/mol. The van der Waals surface area contributed by atoms with E-state index in [0.29, 0.717) is 5.54 Å². The fraction of sp³-hybridized carbons (Fsp3) is 1.00. The maximum Gasteiger partial charge on any atom is 0.0239 e. The Labute approximate surface area is 113 Å². The number of hydrogen-bond acceptors (Lipinski definition) is 3. The van der Waals surface area contributed by atoms with Crippen molar-refractivity contribution >= 4 is 0 Å². The van der Waals surface area contributed by atoms with Crippen LogP contribution in [0.15, 0.2) is 0 Å². The maximum absolute atomic E-state index is 3.64. The molecular formula is C15H31N3. The largest absolute Gasteiger partial charge is 0.310 e. The molecule has 3 heteroatoms. The molecule has 1 unspecified atom stereocenters. The minimum absolute atomic E-state index is 0.347. The van der Waals surface area contributed by atoms with Crippen LogP contribution in [0.5, 0.6) is 0 Å². The molecule has 2 fully saturated rings. The molecule has 1 atom stereocenters. The molecule has 0 bridgehead atoms. The Morgan fingerprint density at radius 3 is 2.33 bits per heavy atom. The molecule has 2 rings (SSSR count). The van der Waals surface area contributed by atoms with Gasteiger partial charge in [-0.05, 0) is 39.2 Å². The zero-order valence-corrected chi connectivity index (χ0v) is 12.7. The SMILES string of the molecule is CC(C)CCN1CCN(C2CNC(C)(C)C2)CC1. The molecule has 0 aromatic carbocycles. The lowest BCUT2D eigenvalue weighted by atomic mass is 10.0. The first-order chi connectivity index (χ1) is 8.46. The highest BCUT2D eigenvalue weighted by molar-refractivity contribution is 4.95. The minimum Gasteiger partial charge on any atom is -0.310 e. The topological polar surface area (TPSA) is 18.5 Å². The van der Waals surface area contributed by atoms with Gasteiger partial charge in [0.05, 0.1) is 0 Å². The van der Waals surface area contributed by atoms with Crippen LogP contribution >= 0.6 is 0 Å². The van der Waals surface area contributed by atoms with E-state index in [2.05, 4.69) is 42.8 Å². The minimum atomic E-state index is 0.347. The second kappa shape index (κ2) is 5.89. The van der Waals surface area contributed by atoms with Gasteiger partial charge in [0.15, 0.2) is 0 Å². The number of nitrogens with zero attached hydrogens (tertiary/aromatic N) is 2. The van der Waals surface area contributed by atoms with Crippen LogP contribution in [-0.2, 0) is 0 Å². The Balaban J connectivity index is 1.70. The molecule has 0 aromatic heterocycles. The summed E-state index contributed by atoms with van der Waals surface area (Å²) in [4.78, 5) is 5.34. The highest BCUT2D eigenvalue weighted by Gasteiger charge is 2.34. The molecule has 0 amide bonds. The van der Waals surface area contributed by atoms with Crippen molar-refractivity contribution in [3.63, 3.8) is 0 Å². The summed E-state index contributed by atoms with van der Waals surface area (Å²) >= 11 is 0. The number of hydrogen-bond donors (Lipinski definition) is 1. The molecule has 18 heavy (non-hydrogen) atoms. The highest BCUT2D eigenvalue weighted by atomic mass is 15.3. The summed E-state index contributed by atoms with van der Waals surface area (Å²) < 4.78 is 0. The van der Waals surface area contributed by atoms with E-state index in [0.717, 1.165) is 12.0 Å². The molecule has 0 aromatic rings. The first kappa shape index (κ1) is 14.3. The van der Waals surface area contributed by atoms with Crippen LogP contribution in [0.2, 0.25) is 0 Å². The summed E-state index contributed by atoms with van der Waals surface area (Å²) in [6.45, 7) is 16.8. The van der Waals surface area contributed by atoms with E-state index in [4.69, 9.17) is 0 Å². The van der Waals surface area contributed by atoms with Gasteiger partial charge < -0.3 is 10.2 Å². The van der Waals surface area contributed by atoms with E-state index < -0.39 is 0 Å². The van der Waals surface area contributed by atoms with Crippen molar-refractivity contribution in [2.24, 2.45) is 5.92 Å². The summed E-state index contributed by atoms with van der Waals surface area (Å²) in [5.41, 5.74) is 0.347. The molecule has 0 spiro atoms. The Morgan fingerprint density at radius 1 is 1.17 bits per heavy atom. The summed E-state index contributed by atoms with van der Waals surface area (Å²) in [7, 11) is 0. The smallest absolute Gasteiger partial charge is 0.0239 e. The molecule has 0 aliphatic carbocycles. The van der Waals surface area contributed by atoms with Gasteiger partial charge in [-0.25, -0.2) is 0 Å². The van der Waals surface area contributed by atoms with Crippen molar-refractivity contribution < 1.29 is 0 Å². The van der Waals surface area contributed by atoms with Crippen LogP contribution in [0.25, 0.3) is 0 Å². The monoisotopic (exact) mass is 253 g/mol. The third-order valence-electron chi connectivity index (χ3n) is 4.51. The number of piperazine rings is 1. The molecule has 2 aliphatic rings. The predicted octanol–water partition coefficient (Wildman–Crippen LogP) is 1.79. The lowest BCUT2D eigenvalue weighted by molar-refractivity contribution is 0.0972. The normalized spacial score (nSPS) is 30.2. The van der Waals surface area contributed by atoms with Crippen molar-refractivity contribution in [1.29, 1.82) is 0 Å². The Kier molecular flexibility index (Phi) is 4.68. The van der Waals surface area contributed by atoms with E-state index in [1.54, 1.807) is 0 Å². The zero-order chi connectivity index (χ0) is 13.2. The molecule has 1 N–H and O–H groups in total. The van der Waals surface area contributed by atoms with Crippen LogP contribution in [-0.4, -0.2) is 60.6 Å². The van der Waals surface area contributed by atoms with Gasteiger partial charge >= 0.3 is 0 Å². The second-order valence-corrected chi connectivity index (χ2v) is 7.18. The first-order valence-corrected chi connectivity index (χ1v) is 7.68. The van der Waals surface area contributed by atoms with Gasteiger partial charge in [-0.3, -0.25) is 4.90 Å². The van der Waals surface area contributed by atoms with Crippen molar-refractivity contribution in [1.82, 2.24) is 15.1 Å². The molecule has 3 nitrogen and oxygen atoms in total. The van der Waals surface area contributed by atoms with E-state index >= 15 is 0 Å². The lowest BCUT2D eigenvalue weighted by Crippen LogP contribution is -2.51. The zero-order valence-electron chi connectivity index (χ0n) is 12.7. The van der Waals surface area contributed by atoms with Gasteiger partial charge in [-0.1, -0.05) is 13.8 Å². The van der Waals surface area contributed by atoms with Crippen molar-refractivity contribution in [3.05, 3.63) is 0 Å². The lowest BCUT2D eigenvalue weighted by Gasteiger charge is -2.38. The first-order valence-electron chi connectivity index (χ1n) is 7.68. The number of rotatable bonds is 4. The quantitative estimate of drug-likeness (QED) is 0.824. The van der Waals surface area contributed by atoms with Crippen LogP contribution in [0, 0.1) is 5.92 Å². The Morgan fingerprint density at radius 2 is 1.83 bits per heavy atom. The predicted molar refractivity (Wildman–Crippen MR) is 78.0 cm³/mol. The highest BCUT2D eigenvalue weighted by Crippen LogP contribution is 2.23. The van der Waals surface area contributed by atoms with Crippen LogP contribution in [0.1, 0.15) is 40.5 Å². The van der Waals surface area contributed by atoms with Crippen molar-refractivity contribution in [2.45, 2.75) is 52.1 Å². The molecule has 2 aliphatic heterocycles. The fourth-order valence-electron chi connectivity index (χ4n) is 3.18. The average molecular weight is 253 g/mol. The summed E-state index contributed by atoms with van der Waals surface area (Å²) in [5, 5.41) is 3.64. The molecule has 106 valence electrons. The number of nitrogens with one attached hydrogen (secondary N) is 1. The van der Waals surface area contributed by atoms with Crippen molar-refractivity contribution in [2.75, 3.05) is 39.3 Å². The van der Waals surface area contributed by atoms with Gasteiger partial charge in [-0.15, -0.1) is 0 Å². The van der Waals surface area contributed by atoms with E-state index in [-0.39, 0.29) is 0 Å². The standard InChI is InChI=1S/C15H31N3/c1-13(2)5-6-17-7-9-18(10-8-17)14-11-15(3,4)16-12-14/h13-14,16H,5-12H2,1-4H3. The Hall–Kier alpha value is -0.120. The third-order valence-corrected chi connectivity index (χ3v) is 4.51. The molecule has 0 radical (unpaired) electrons. The van der Waals surface area contributed by atoms with E-state index in [9.17, 15) is 0 Å². The average Bonchev–Trinajstić information content (AvgIpc) is 2.68. The van der Waals surface area contributed by atoms with E-state index in [1.165, 1.54) is 52.1 Å². The van der Waals surface area contributed by atoms with Crippen LogP contribution < -0.4 is 5.32 Å². The van der Waals surface area contributed by atoms with Gasteiger partial charge in [-0.2, -0.15) is 0 Å². The summed E-state index contributed by atoms with van der Waals surface area (Å²) in [6, 6.07) is 0.771. The molecule has 2 saturated heterocycles. The Bertz CT molecular complexity index is 254. The van der Waals surface area contributed by atoms with Crippen molar-refractivity contribution in [3.8, 4) is 0 Å². The molecule has 2 heterocycles. The van der Waals surface area contributed by atoms with Gasteiger partial charge in [0.1, 0.15) is 0 Å². The summed E-state index contributed by atoms with van der Waals surface area (Å²) in [5.74, 6) is 0.836. The van der Waals surface area contributed by atoms with Gasteiger partial charge in [0.2, 0.25) is 0 Å². The van der Waals surface area contributed by atoms with Gasteiger partial charge in [0.25, 0.3) is 0 Å². The van der Waals surface area contributed by atoms with Crippen LogP contribution in [0.3, 0.4) is 0 Å². The second-order valence-electron chi connectivity index (χ2n) is 7.18. The van der Waals surface area contributed by atoms with Gasteiger partial charge in [0, 0.05) is 44.3 Å². The van der Waals surface area contributed by atoms with E-state index in [1.807, 2.05) is 0 Å². The molecule has 0 saturated carbocycles. The fourth-order valence-corrected chi connectivity index (χ4v) is 3.18. The summed E-state index contributed by atoms with van der Waals surface area (Å²) in [6.07, 6.45) is 2.65. The maximum atomic E-state index is 3.64. The third kappa shape index (κ3) is 3.94. The van der Waals surface area contributed by atoms with Crippen LogP contribution in [0.4, 0.5) is 0 Å².